The lowest BCUT2D eigenvalue weighted by Gasteiger charge is -2.07. The first-order valence-electron chi connectivity index (χ1n) is 5.58. The molecule has 1 aromatic heterocycles. The molecule has 0 fully saturated rings. The van der Waals surface area contributed by atoms with Crippen molar-refractivity contribution in [2.45, 2.75) is 18.7 Å². The lowest BCUT2D eigenvalue weighted by Crippen LogP contribution is -2.14. The summed E-state index contributed by atoms with van der Waals surface area (Å²) in [5.74, 6) is -1.19. The summed E-state index contributed by atoms with van der Waals surface area (Å²) >= 11 is 0. The normalized spacial score (nSPS) is 11.3. The number of nitrogens with one attached hydrogen (secondary N) is 1. The van der Waals surface area contributed by atoms with Crippen molar-refractivity contribution >= 4 is 22.0 Å². The third kappa shape index (κ3) is 2.80. The fourth-order valence-corrected chi connectivity index (χ4v) is 2.54. The first kappa shape index (κ1) is 14.1. The maximum Gasteiger partial charge on any atom is 0.335 e. The van der Waals surface area contributed by atoms with Crippen molar-refractivity contribution in [2.24, 2.45) is 0 Å². The third-order valence-corrected chi connectivity index (χ3v) is 3.91. The van der Waals surface area contributed by atoms with E-state index in [0.717, 1.165) is 6.07 Å². The average molecular weight is 296 g/mol. The summed E-state index contributed by atoms with van der Waals surface area (Å²) in [5.41, 5.74) is 0.928. The van der Waals surface area contributed by atoms with Crippen LogP contribution in [0.3, 0.4) is 0 Å². The molecule has 0 aliphatic heterocycles. The Balaban J connectivity index is 2.39. The minimum Gasteiger partial charge on any atom is -0.478 e. The van der Waals surface area contributed by atoms with Crippen LogP contribution in [0, 0.1) is 13.8 Å². The summed E-state index contributed by atoms with van der Waals surface area (Å²) in [7, 11) is -3.94. The molecule has 106 valence electrons. The summed E-state index contributed by atoms with van der Waals surface area (Å²) in [6.45, 7) is 3.24. The van der Waals surface area contributed by atoms with E-state index in [0.29, 0.717) is 11.3 Å². The maximum atomic E-state index is 12.1. The maximum absolute atomic E-state index is 12.1. The number of aromatic nitrogens is 1. The van der Waals surface area contributed by atoms with Gasteiger partial charge in [0, 0.05) is 0 Å². The van der Waals surface area contributed by atoms with Crippen LogP contribution in [0.4, 0.5) is 6.01 Å². The number of oxazole rings is 1. The first-order valence-corrected chi connectivity index (χ1v) is 7.07. The molecule has 0 radical (unpaired) electrons. The van der Waals surface area contributed by atoms with Gasteiger partial charge in [-0.15, -0.1) is 0 Å². The van der Waals surface area contributed by atoms with Crippen molar-refractivity contribution in [3.05, 3.63) is 41.3 Å². The smallest absolute Gasteiger partial charge is 0.335 e. The van der Waals surface area contributed by atoms with Crippen molar-refractivity contribution in [3.63, 3.8) is 0 Å². The highest BCUT2D eigenvalue weighted by atomic mass is 32.2. The number of benzene rings is 1. The minimum atomic E-state index is -3.94. The highest BCUT2D eigenvalue weighted by Gasteiger charge is 2.19. The molecule has 1 heterocycles. The van der Waals surface area contributed by atoms with E-state index in [1.165, 1.54) is 18.4 Å². The van der Waals surface area contributed by atoms with Gasteiger partial charge < -0.3 is 9.52 Å². The Morgan fingerprint density at radius 1 is 1.35 bits per heavy atom. The van der Waals surface area contributed by atoms with Gasteiger partial charge in [-0.1, -0.05) is 6.07 Å². The first-order chi connectivity index (χ1) is 9.29. The third-order valence-electron chi connectivity index (χ3n) is 2.59. The Hall–Kier alpha value is -2.35. The molecule has 2 rings (SSSR count). The number of carboxylic acid groups (broad SMARTS) is 1. The molecule has 0 aliphatic carbocycles. The molecule has 0 unspecified atom stereocenters. The summed E-state index contributed by atoms with van der Waals surface area (Å²) in [6, 6.07) is 3.68. The van der Waals surface area contributed by atoms with Gasteiger partial charge in [0.1, 0.15) is 6.26 Å². The molecular weight excluding hydrogens is 284 g/mol. The van der Waals surface area contributed by atoms with Crippen LogP contribution in [0.2, 0.25) is 0 Å². The van der Waals surface area contributed by atoms with E-state index in [2.05, 4.69) is 9.71 Å². The largest absolute Gasteiger partial charge is 0.478 e. The van der Waals surface area contributed by atoms with Gasteiger partial charge in [0.25, 0.3) is 10.0 Å². The number of hydrogen-bond acceptors (Lipinski definition) is 5. The molecule has 0 bridgehead atoms. The molecule has 8 heteroatoms. The van der Waals surface area contributed by atoms with Gasteiger partial charge in [0.2, 0.25) is 0 Å². The van der Waals surface area contributed by atoms with E-state index in [9.17, 15) is 13.2 Å². The molecular formula is C12H12N2O5S. The van der Waals surface area contributed by atoms with Gasteiger partial charge in [-0.3, -0.25) is 0 Å². The van der Waals surface area contributed by atoms with Crippen LogP contribution >= 0.6 is 0 Å². The van der Waals surface area contributed by atoms with Gasteiger partial charge in [0.05, 0.1) is 16.2 Å². The zero-order chi connectivity index (χ0) is 14.9. The molecule has 0 saturated carbocycles. The second kappa shape index (κ2) is 4.97. The SMILES string of the molecule is Cc1coc(NS(=O)(=O)c2ccc(C)c(C(=O)O)c2)n1. The zero-order valence-corrected chi connectivity index (χ0v) is 11.6. The van der Waals surface area contributed by atoms with Crippen LogP contribution in [-0.2, 0) is 10.0 Å². The standard InChI is InChI=1S/C12H12N2O5S/c1-7-3-4-9(5-10(7)11(15)16)20(17,18)14-12-13-8(2)6-19-12/h3-6H,1-2H3,(H,13,14)(H,15,16). The molecule has 7 nitrogen and oxygen atoms in total. The van der Waals surface area contributed by atoms with Crippen molar-refractivity contribution in [1.82, 2.24) is 4.98 Å². The van der Waals surface area contributed by atoms with E-state index in [-0.39, 0.29) is 16.5 Å². The fraction of sp³-hybridized carbons (Fsp3) is 0.167. The number of rotatable bonds is 4. The molecule has 0 spiro atoms. The predicted molar refractivity (Wildman–Crippen MR) is 70.2 cm³/mol. The molecule has 2 aromatic rings. The van der Waals surface area contributed by atoms with Gasteiger partial charge >= 0.3 is 12.0 Å². The molecule has 0 saturated heterocycles. The van der Waals surface area contributed by atoms with E-state index >= 15 is 0 Å². The van der Waals surface area contributed by atoms with Gasteiger partial charge in [0.15, 0.2) is 0 Å². The average Bonchev–Trinajstić information content (AvgIpc) is 2.73. The Morgan fingerprint density at radius 3 is 2.60 bits per heavy atom. The second-order valence-corrected chi connectivity index (χ2v) is 5.86. The van der Waals surface area contributed by atoms with Gasteiger partial charge in [-0.2, -0.15) is 4.98 Å². The molecule has 20 heavy (non-hydrogen) atoms. The monoisotopic (exact) mass is 296 g/mol. The highest BCUT2D eigenvalue weighted by Crippen LogP contribution is 2.19. The molecule has 0 atom stereocenters. The molecule has 2 N–H and O–H groups in total. The van der Waals surface area contributed by atoms with Gasteiger partial charge in [-0.25, -0.2) is 17.9 Å². The Labute approximate surface area is 115 Å². The highest BCUT2D eigenvalue weighted by molar-refractivity contribution is 7.92. The molecule has 0 amide bonds. The van der Waals surface area contributed by atoms with Crippen LogP contribution in [0.5, 0.6) is 0 Å². The number of carboxylic acids is 1. The lowest BCUT2D eigenvalue weighted by molar-refractivity contribution is 0.0696. The fourth-order valence-electron chi connectivity index (χ4n) is 1.57. The summed E-state index contributed by atoms with van der Waals surface area (Å²) in [4.78, 5) is 14.7. The van der Waals surface area contributed by atoms with E-state index in [1.54, 1.807) is 13.8 Å². The number of aromatic carboxylic acids is 1. The Morgan fingerprint density at radius 2 is 2.05 bits per heavy atom. The Kier molecular flexibility index (Phi) is 3.49. The van der Waals surface area contributed by atoms with Crippen LogP contribution in [-0.4, -0.2) is 24.5 Å². The quantitative estimate of drug-likeness (QED) is 0.890. The van der Waals surface area contributed by atoms with E-state index in [4.69, 9.17) is 9.52 Å². The number of hydrogen-bond donors (Lipinski definition) is 2. The van der Waals surface area contributed by atoms with E-state index in [1.807, 2.05) is 0 Å². The van der Waals surface area contributed by atoms with E-state index < -0.39 is 16.0 Å². The predicted octanol–water partition coefficient (Wildman–Crippen LogP) is 1.79. The van der Waals surface area contributed by atoms with Crippen LogP contribution in [0.25, 0.3) is 0 Å². The molecule has 0 aliphatic rings. The number of nitrogens with zero attached hydrogens (tertiary/aromatic N) is 1. The summed E-state index contributed by atoms with van der Waals surface area (Å²) in [5, 5.41) is 9.00. The number of aryl methyl sites for hydroxylation is 2. The van der Waals surface area contributed by atoms with Crippen molar-refractivity contribution < 1.29 is 22.7 Å². The van der Waals surface area contributed by atoms with Crippen molar-refractivity contribution in [3.8, 4) is 0 Å². The zero-order valence-electron chi connectivity index (χ0n) is 10.7. The molecule has 1 aromatic carbocycles. The van der Waals surface area contributed by atoms with Crippen LogP contribution < -0.4 is 4.72 Å². The number of anilines is 1. The number of carbonyl (C=O) groups is 1. The van der Waals surface area contributed by atoms with Crippen LogP contribution in [0.1, 0.15) is 21.6 Å². The van der Waals surface area contributed by atoms with Crippen molar-refractivity contribution in [1.29, 1.82) is 0 Å². The summed E-state index contributed by atoms with van der Waals surface area (Å²) in [6.07, 6.45) is 1.30. The van der Waals surface area contributed by atoms with Crippen molar-refractivity contribution in [2.75, 3.05) is 4.72 Å². The minimum absolute atomic E-state index is 0.0727. The Bertz CT molecular complexity index is 764. The van der Waals surface area contributed by atoms with Gasteiger partial charge in [-0.05, 0) is 31.5 Å². The topological polar surface area (TPSA) is 110 Å². The van der Waals surface area contributed by atoms with Crippen LogP contribution in [0.15, 0.2) is 33.8 Å². The number of sulfonamides is 1. The second-order valence-electron chi connectivity index (χ2n) is 4.18. The lowest BCUT2D eigenvalue weighted by atomic mass is 10.1. The summed E-state index contributed by atoms with van der Waals surface area (Å²) < 4.78 is 31.2.